The van der Waals surface area contributed by atoms with Crippen molar-refractivity contribution in [2.24, 2.45) is 4.99 Å². The van der Waals surface area contributed by atoms with E-state index in [1.807, 2.05) is 0 Å². The highest BCUT2D eigenvalue weighted by molar-refractivity contribution is 5.83. The average Bonchev–Trinajstić information content (AvgIpc) is 2.90. The third kappa shape index (κ3) is 2.18. The highest BCUT2D eigenvalue weighted by atomic mass is 15.2. The van der Waals surface area contributed by atoms with Crippen LogP contribution in [0.5, 0.6) is 0 Å². The Morgan fingerprint density at radius 3 is 3.06 bits per heavy atom. The topological polar surface area (TPSA) is 52.2 Å². The molecule has 1 aliphatic rings. The molecular formula is C14H18N4. The van der Waals surface area contributed by atoms with Crippen molar-refractivity contribution in [3.63, 3.8) is 0 Å². The molecule has 1 atom stereocenters. The summed E-state index contributed by atoms with van der Waals surface area (Å²) in [5, 5.41) is 7.89. The SMILES string of the molecule is Cc1cc2cc(CNC3=NCC(C)N3)ccc2[nH]1. The molecule has 94 valence electrons. The molecule has 0 aliphatic carbocycles. The highest BCUT2D eigenvalue weighted by Gasteiger charge is 2.11. The summed E-state index contributed by atoms with van der Waals surface area (Å²) >= 11 is 0. The molecule has 1 aromatic heterocycles. The molecule has 3 rings (SSSR count). The number of benzene rings is 1. The molecule has 1 unspecified atom stereocenters. The van der Waals surface area contributed by atoms with Crippen molar-refractivity contribution >= 4 is 16.9 Å². The van der Waals surface area contributed by atoms with Crippen LogP contribution in [0.15, 0.2) is 29.3 Å². The van der Waals surface area contributed by atoms with Gasteiger partial charge in [-0.2, -0.15) is 0 Å². The lowest BCUT2D eigenvalue weighted by molar-refractivity contribution is 0.713. The first-order chi connectivity index (χ1) is 8.70. The number of guanidine groups is 1. The van der Waals surface area contributed by atoms with Crippen molar-refractivity contribution < 1.29 is 0 Å². The van der Waals surface area contributed by atoms with Gasteiger partial charge in [0.1, 0.15) is 0 Å². The van der Waals surface area contributed by atoms with Crippen molar-refractivity contribution in [3.05, 3.63) is 35.5 Å². The van der Waals surface area contributed by atoms with Crippen LogP contribution in [0, 0.1) is 6.92 Å². The Bertz CT molecular complexity index is 597. The van der Waals surface area contributed by atoms with Crippen LogP contribution < -0.4 is 10.6 Å². The molecule has 3 N–H and O–H groups in total. The fourth-order valence-electron chi connectivity index (χ4n) is 2.28. The summed E-state index contributed by atoms with van der Waals surface area (Å²) < 4.78 is 0. The van der Waals surface area contributed by atoms with Crippen LogP contribution in [0.4, 0.5) is 0 Å². The van der Waals surface area contributed by atoms with Gasteiger partial charge in [-0.3, -0.25) is 4.99 Å². The van der Waals surface area contributed by atoms with Gasteiger partial charge in [-0.1, -0.05) is 6.07 Å². The summed E-state index contributed by atoms with van der Waals surface area (Å²) in [4.78, 5) is 7.72. The third-order valence-electron chi connectivity index (χ3n) is 3.19. The largest absolute Gasteiger partial charge is 0.359 e. The molecule has 0 radical (unpaired) electrons. The molecule has 1 aliphatic heterocycles. The van der Waals surface area contributed by atoms with E-state index in [1.165, 1.54) is 22.2 Å². The summed E-state index contributed by atoms with van der Waals surface area (Å²) in [5.74, 6) is 0.910. The quantitative estimate of drug-likeness (QED) is 0.753. The Kier molecular flexibility index (Phi) is 2.70. The van der Waals surface area contributed by atoms with E-state index in [2.05, 4.69) is 58.7 Å². The van der Waals surface area contributed by atoms with Crippen LogP contribution in [-0.2, 0) is 6.54 Å². The zero-order chi connectivity index (χ0) is 12.5. The summed E-state index contributed by atoms with van der Waals surface area (Å²) in [7, 11) is 0. The Balaban J connectivity index is 1.71. The molecule has 4 heteroatoms. The standard InChI is InChI=1S/C14H18N4/c1-9-5-12-6-11(3-4-13(12)17-9)8-16-14-15-7-10(2)18-14/h3-6,10,17H,7-8H2,1-2H3,(H2,15,16,18). The van der Waals surface area contributed by atoms with Crippen LogP contribution >= 0.6 is 0 Å². The number of aryl methyl sites for hydroxylation is 1. The first-order valence-corrected chi connectivity index (χ1v) is 6.34. The predicted octanol–water partition coefficient (Wildman–Crippen LogP) is 1.91. The van der Waals surface area contributed by atoms with E-state index < -0.39 is 0 Å². The smallest absolute Gasteiger partial charge is 0.191 e. The van der Waals surface area contributed by atoms with E-state index in [-0.39, 0.29) is 0 Å². The lowest BCUT2D eigenvalue weighted by Crippen LogP contribution is -2.37. The summed E-state index contributed by atoms with van der Waals surface area (Å²) in [5.41, 5.74) is 3.66. The summed E-state index contributed by atoms with van der Waals surface area (Å²) in [6.07, 6.45) is 0. The fourth-order valence-corrected chi connectivity index (χ4v) is 2.28. The number of aliphatic imine (C=N–C) groups is 1. The first kappa shape index (κ1) is 11.1. The molecule has 0 saturated heterocycles. The maximum atomic E-state index is 4.39. The molecule has 1 aromatic carbocycles. The normalized spacial score (nSPS) is 18.8. The molecule has 0 bridgehead atoms. The minimum Gasteiger partial charge on any atom is -0.359 e. The van der Waals surface area contributed by atoms with Crippen molar-refractivity contribution in [2.45, 2.75) is 26.4 Å². The molecule has 2 heterocycles. The van der Waals surface area contributed by atoms with Crippen LogP contribution in [0.1, 0.15) is 18.2 Å². The van der Waals surface area contributed by atoms with Gasteiger partial charge in [0, 0.05) is 23.8 Å². The second-order valence-corrected chi connectivity index (χ2v) is 4.96. The molecule has 18 heavy (non-hydrogen) atoms. The first-order valence-electron chi connectivity index (χ1n) is 6.34. The van der Waals surface area contributed by atoms with Crippen LogP contribution in [-0.4, -0.2) is 23.5 Å². The van der Waals surface area contributed by atoms with E-state index in [0.717, 1.165) is 19.0 Å². The predicted molar refractivity (Wildman–Crippen MR) is 74.8 cm³/mol. The second-order valence-electron chi connectivity index (χ2n) is 4.96. The molecule has 0 saturated carbocycles. The van der Waals surface area contributed by atoms with E-state index in [4.69, 9.17) is 0 Å². The maximum absolute atomic E-state index is 4.39. The Labute approximate surface area is 107 Å². The Morgan fingerprint density at radius 1 is 1.39 bits per heavy atom. The van der Waals surface area contributed by atoms with Gasteiger partial charge >= 0.3 is 0 Å². The number of H-pyrrole nitrogens is 1. The highest BCUT2D eigenvalue weighted by Crippen LogP contribution is 2.16. The van der Waals surface area contributed by atoms with Gasteiger partial charge in [-0.25, -0.2) is 0 Å². The van der Waals surface area contributed by atoms with Crippen LogP contribution in [0.25, 0.3) is 10.9 Å². The second kappa shape index (κ2) is 4.37. The van der Waals surface area contributed by atoms with E-state index >= 15 is 0 Å². The molecule has 2 aromatic rings. The van der Waals surface area contributed by atoms with Crippen LogP contribution in [0.3, 0.4) is 0 Å². The fraction of sp³-hybridized carbons (Fsp3) is 0.357. The van der Waals surface area contributed by atoms with Gasteiger partial charge in [-0.15, -0.1) is 0 Å². The zero-order valence-electron chi connectivity index (χ0n) is 10.7. The molecular weight excluding hydrogens is 224 g/mol. The van der Waals surface area contributed by atoms with Gasteiger partial charge in [0.15, 0.2) is 5.96 Å². The monoisotopic (exact) mass is 242 g/mol. The Hall–Kier alpha value is -1.97. The lowest BCUT2D eigenvalue weighted by atomic mass is 10.1. The van der Waals surface area contributed by atoms with E-state index in [9.17, 15) is 0 Å². The van der Waals surface area contributed by atoms with Crippen molar-refractivity contribution in [3.8, 4) is 0 Å². The van der Waals surface area contributed by atoms with Crippen molar-refractivity contribution in [1.82, 2.24) is 15.6 Å². The minimum atomic E-state index is 0.447. The Morgan fingerprint density at radius 2 is 2.28 bits per heavy atom. The number of hydrogen-bond donors (Lipinski definition) is 3. The number of nitrogens with one attached hydrogen (secondary N) is 3. The molecule has 0 fully saturated rings. The number of aromatic nitrogens is 1. The summed E-state index contributed by atoms with van der Waals surface area (Å²) in [6.45, 7) is 5.88. The van der Waals surface area contributed by atoms with Gasteiger partial charge in [0.2, 0.25) is 0 Å². The molecule has 0 spiro atoms. The van der Waals surface area contributed by atoms with Crippen molar-refractivity contribution in [2.75, 3.05) is 6.54 Å². The van der Waals surface area contributed by atoms with E-state index in [0.29, 0.717) is 6.04 Å². The molecule has 0 amide bonds. The van der Waals surface area contributed by atoms with Gasteiger partial charge in [0.05, 0.1) is 6.54 Å². The van der Waals surface area contributed by atoms with Crippen LogP contribution in [0.2, 0.25) is 0 Å². The average molecular weight is 242 g/mol. The molecule has 4 nitrogen and oxygen atoms in total. The van der Waals surface area contributed by atoms with E-state index in [1.54, 1.807) is 0 Å². The summed E-state index contributed by atoms with van der Waals surface area (Å²) in [6, 6.07) is 9.11. The number of nitrogens with zero attached hydrogens (tertiary/aromatic N) is 1. The number of aromatic amines is 1. The van der Waals surface area contributed by atoms with Gasteiger partial charge in [0.25, 0.3) is 0 Å². The third-order valence-corrected chi connectivity index (χ3v) is 3.19. The zero-order valence-corrected chi connectivity index (χ0v) is 10.7. The van der Waals surface area contributed by atoms with Gasteiger partial charge < -0.3 is 15.6 Å². The number of rotatable bonds is 2. The maximum Gasteiger partial charge on any atom is 0.191 e. The lowest BCUT2D eigenvalue weighted by Gasteiger charge is -2.08. The number of hydrogen-bond acceptors (Lipinski definition) is 3. The van der Waals surface area contributed by atoms with Gasteiger partial charge in [-0.05, 0) is 43.0 Å². The number of fused-ring (bicyclic) bond motifs is 1. The van der Waals surface area contributed by atoms with Crippen molar-refractivity contribution in [1.29, 1.82) is 0 Å². The minimum absolute atomic E-state index is 0.447.